The highest BCUT2D eigenvalue weighted by Gasteiger charge is 2.53. The van der Waals surface area contributed by atoms with Crippen LogP contribution in [0.25, 0.3) is 0 Å². The maximum absolute atomic E-state index is 9.54. The molecule has 5 heteroatoms. The number of unbranched alkanes of at least 4 members (excludes halogenated alkanes) is 3. The Hall–Kier alpha value is -0.670. The molecule has 0 aromatic heterocycles. The molecule has 3 aliphatic rings. The molecule has 1 aliphatic carbocycles. The number of nitriles is 1. The lowest BCUT2D eigenvalue weighted by Gasteiger charge is -2.47. The molecule has 0 amide bonds. The van der Waals surface area contributed by atoms with E-state index in [4.69, 9.17) is 14.3 Å². The summed E-state index contributed by atoms with van der Waals surface area (Å²) in [4.78, 5) is 5.78. The summed E-state index contributed by atoms with van der Waals surface area (Å²) in [6.07, 6.45) is 15.0. The van der Waals surface area contributed by atoms with Crippen LogP contribution in [0.2, 0.25) is 0 Å². The molecule has 2 heterocycles. The summed E-state index contributed by atoms with van der Waals surface area (Å²) < 4.78 is 12.3. The third-order valence-corrected chi connectivity index (χ3v) is 7.19. The van der Waals surface area contributed by atoms with Crippen molar-refractivity contribution in [2.45, 2.75) is 108 Å². The Bertz CT molecular complexity index is 500. The average Bonchev–Trinajstić information content (AvgIpc) is 3.30. The molecular weight excluding hydrogens is 340 g/mol. The van der Waals surface area contributed by atoms with E-state index in [1.54, 1.807) is 7.11 Å². The van der Waals surface area contributed by atoms with Crippen molar-refractivity contribution < 1.29 is 14.3 Å². The van der Waals surface area contributed by atoms with Crippen LogP contribution in [0.1, 0.15) is 90.4 Å². The van der Waals surface area contributed by atoms with Gasteiger partial charge >= 0.3 is 0 Å². The van der Waals surface area contributed by atoms with E-state index in [1.807, 2.05) is 0 Å². The SMILES string of the molecule is CCCCCCC1(CC[C@@H]2CCCC[C@]23CC[C@@H](C#N)N3OC)OCCO1. The van der Waals surface area contributed by atoms with Gasteiger partial charge in [-0.3, -0.25) is 0 Å². The first kappa shape index (κ1) is 21.0. The van der Waals surface area contributed by atoms with Crippen LogP contribution < -0.4 is 0 Å². The fourth-order valence-corrected chi connectivity index (χ4v) is 5.80. The Morgan fingerprint density at radius 2 is 1.89 bits per heavy atom. The van der Waals surface area contributed by atoms with Crippen LogP contribution >= 0.6 is 0 Å². The van der Waals surface area contributed by atoms with Gasteiger partial charge in [0.2, 0.25) is 0 Å². The summed E-state index contributed by atoms with van der Waals surface area (Å²) in [7, 11) is 1.74. The van der Waals surface area contributed by atoms with Crippen molar-refractivity contribution in [3.05, 3.63) is 0 Å². The first-order valence-corrected chi connectivity index (χ1v) is 11.2. The summed E-state index contributed by atoms with van der Waals surface area (Å²) in [5.41, 5.74) is 0.0371. The van der Waals surface area contributed by atoms with E-state index >= 15 is 0 Å². The fraction of sp³-hybridized carbons (Fsp3) is 0.955. The first-order chi connectivity index (χ1) is 13.2. The fourth-order valence-electron chi connectivity index (χ4n) is 5.80. The second-order valence-electron chi connectivity index (χ2n) is 8.70. The minimum absolute atomic E-state index is 0.0371. The van der Waals surface area contributed by atoms with Gasteiger partial charge in [0.15, 0.2) is 5.79 Å². The predicted molar refractivity (Wildman–Crippen MR) is 105 cm³/mol. The van der Waals surface area contributed by atoms with Crippen molar-refractivity contribution >= 4 is 0 Å². The van der Waals surface area contributed by atoms with E-state index in [0.717, 1.165) is 51.7 Å². The maximum Gasteiger partial charge on any atom is 0.168 e. The van der Waals surface area contributed by atoms with Gasteiger partial charge in [0, 0.05) is 12.8 Å². The molecule has 1 saturated carbocycles. The monoisotopic (exact) mass is 378 g/mol. The van der Waals surface area contributed by atoms with Gasteiger partial charge in [-0.25, -0.2) is 0 Å². The normalized spacial score (nSPS) is 33.5. The number of ether oxygens (including phenoxy) is 2. The molecule has 2 saturated heterocycles. The smallest absolute Gasteiger partial charge is 0.168 e. The van der Waals surface area contributed by atoms with Crippen molar-refractivity contribution in [3.63, 3.8) is 0 Å². The lowest BCUT2D eigenvalue weighted by atomic mass is 9.69. The van der Waals surface area contributed by atoms with Crippen molar-refractivity contribution in [2.24, 2.45) is 5.92 Å². The van der Waals surface area contributed by atoms with Crippen LogP contribution in [0.15, 0.2) is 0 Å². The van der Waals surface area contributed by atoms with E-state index in [-0.39, 0.29) is 17.4 Å². The van der Waals surface area contributed by atoms with Gasteiger partial charge in [0.05, 0.1) is 31.9 Å². The predicted octanol–water partition coefficient (Wildman–Crippen LogP) is 4.96. The summed E-state index contributed by atoms with van der Waals surface area (Å²) in [6.45, 7) is 3.70. The minimum atomic E-state index is -0.364. The number of hydrogen-bond acceptors (Lipinski definition) is 5. The Kier molecular flexibility index (Phi) is 7.56. The van der Waals surface area contributed by atoms with Crippen LogP contribution in [-0.2, 0) is 14.3 Å². The molecule has 154 valence electrons. The Morgan fingerprint density at radius 3 is 2.59 bits per heavy atom. The van der Waals surface area contributed by atoms with Gasteiger partial charge in [-0.1, -0.05) is 39.0 Å². The molecule has 0 unspecified atom stereocenters. The third kappa shape index (κ3) is 4.50. The molecule has 0 aromatic carbocycles. The van der Waals surface area contributed by atoms with Gasteiger partial charge < -0.3 is 14.3 Å². The highest BCUT2D eigenvalue weighted by atomic mass is 16.7. The molecule has 1 spiro atoms. The van der Waals surface area contributed by atoms with Gasteiger partial charge in [-0.2, -0.15) is 10.3 Å². The summed E-state index contributed by atoms with van der Waals surface area (Å²) in [5.74, 6) is 0.196. The molecule has 3 fully saturated rings. The van der Waals surface area contributed by atoms with E-state index in [0.29, 0.717) is 5.92 Å². The zero-order chi connectivity index (χ0) is 19.2. The first-order valence-electron chi connectivity index (χ1n) is 11.2. The maximum atomic E-state index is 9.54. The van der Waals surface area contributed by atoms with Gasteiger partial charge in [-0.05, 0) is 44.4 Å². The largest absolute Gasteiger partial charge is 0.348 e. The van der Waals surface area contributed by atoms with Crippen LogP contribution in [-0.4, -0.2) is 42.8 Å². The minimum Gasteiger partial charge on any atom is -0.348 e. The number of hydroxylamine groups is 2. The average molecular weight is 379 g/mol. The van der Waals surface area contributed by atoms with Gasteiger partial charge in [-0.15, -0.1) is 0 Å². The highest BCUT2D eigenvalue weighted by molar-refractivity contribution is 5.09. The number of nitrogens with zero attached hydrogens (tertiary/aromatic N) is 2. The zero-order valence-electron chi connectivity index (χ0n) is 17.4. The van der Waals surface area contributed by atoms with E-state index in [9.17, 15) is 5.26 Å². The third-order valence-electron chi connectivity index (χ3n) is 7.19. The standard InChI is InChI=1S/C22H38N2O3/c1-3-4-5-7-13-22(26-16-17-27-22)15-10-19-9-6-8-12-21(19)14-11-20(18-23)24(21)25-2/h19-20H,3-17H2,1-2H3/t19-,20-,21-/m0/s1. The lowest BCUT2D eigenvalue weighted by Crippen LogP contribution is -2.53. The van der Waals surface area contributed by atoms with Crippen molar-refractivity contribution in [2.75, 3.05) is 20.3 Å². The Labute approximate surface area is 165 Å². The topological polar surface area (TPSA) is 54.7 Å². The van der Waals surface area contributed by atoms with Crippen molar-refractivity contribution in [1.29, 1.82) is 5.26 Å². The second-order valence-corrected chi connectivity index (χ2v) is 8.70. The molecule has 0 N–H and O–H groups in total. The Balaban J connectivity index is 1.64. The molecule has 0 radical (unpaired) electrons. The number of hydrogen-bond donors (Lipinski definition) is 0. The van der Waals surface area contributed by atoms with Crippen molar-refractivity contribution in [1.82, 2.24) is 5.06 Å². The summed E-state index contributed by atoms with van der Waals surface area (Å²) in [5, 5.41) is 11.6. The van der Waals surface area contributed by atoms with Crippen LogP contribution in [0, 0.1) is 17.2 Å². The van der Waals surface area contributed by atoms with Gasteiger partial charge in [0.25, 0.3) is 0 Å². The molecule has 0 bridgehead atoms. The molecule has 3 rings (SSSR count). The molecule has 0 aromatic rings. The summed E-state index contributed by atoms with van der Waals surface area (Å²) in [6, 6.07) is 2.35. The van der Waals surface area contributed by atoms with E-state index in [1.165, 1.54) is 44.9 Å². The van der Waals surface area contributed by atoms with Crippen LogP contribution in [0.4, 0.5) is 0 Å². The molecule has 5 nitrogen and oxygen atoms in total. The zero-order valence-corrected chi connectivity index (χ0v) is 17.4. The molecule has 2 aliphatic heterocycles. The molecule has 3 atom stereocenters. The van der Waals surface area contributed by atoms with Crippen LogP contribution in [0.3, 0.4) is 0 Å². The van der Waals surface area contributed by atoms with E-state index in [2.05, 4.69) is 18.1 Å². The summed E-state index contributed by atoms with van der Waals surface area (Å²) >= 11 is 0. The highest BCUT2D eigenvalue weighted by Crippen LogP contribution is 2.50. The van der Waals surface area contributed by atoms with E-state index < -0.39 is 0 Å². The molecule has 27 heavy (non-hydrogen) atoms. The van der Waals surface area contributed by atoms with Crippen LogP contribution in [0.5, 0.6) is 0 Å². The number of rotatable bonds is 9. The van der Waals surface area contributed by atoms with Crippen molar-refractivity contribution in [3.8, 4) is 6.07 Å². The molecular formula is C22H38N2O3. The lowest BCUT2D eigenvalue weighted by molar-refractivity contribution is -0.223. The second kappa shape index (κ2) is 9.69. The Morgan fingerprint density at radius 1 is 1.07 bits per heavy atom. The van der Waals surface area contributed by atoms with Gasteiger partial charge in [0.1, 0.15) is 6.04 Å². The quantitative estimate of drug-likeness (QED) is 0.531.